The van der Waals surface area contributed by atoms with E-state index in [0.717, 1.165) is 43.7 Å². The lowest BCUT2D eigenvalue weighted by Gasteiger charge is -2.32. The number of likely N-dealkylation sites (N-methyl/N-ethyl adjacent to an activating group) is 1. The fourth-order valence-electron chi connectivity index (χ4n) is 3.01. The standard InChI is InChI=1S/C17H22N4O/c1-2-21-10-6-9-14(12-21)19-17(22)15-11-18-20-16(15)13-7-4-3-5-8-13/h3-5,7-8,11,14H,2,6,9-10,12H2,1H3,(H,18,20)(H,19,22). The van der Waals surface area contributed by atoms with Crippen LogP contribution in [0.25, 0.3) is 11.3 Å². The topological polar surface area (TPSA) is 61.0 Å². The Bertz CT molecular complexity index is 623. The number of hydrogen-bond acceptors (Lipinski definition) is 3. The van der Waals surface area contributed by atoms with Gasteiger partial charge in [0.05, 0.1) is 17.5 Å². The molecule has 2 N–H and O–H groups in total. The van der Waals surface area contributed by atoms with Crippen LogP contribution in [0.1, 0.15) is 30.1 Å². The molecule has 1 aromatic carbocycles. The molecule has 0 saturated carbocycles. The molecule has 0 radical (unpaired) electrons. The molecule has 5 heteroatoms. The lowest BCUT2D eigenvalue weighted by molar-refractivity contribution is 0.0906. The van der Waals surface area contributed by atoms with Gasteiger partial charge in [0.2, 0.25) is 0 Å². The maximum Gasteiger partial charge on any atom is 0.255 e. The van der Waals surface area contributed by atoms with Crippen molar-refractivity contribution in [2.75, 3.05) is 19.6 Å². The maximum atomic E-state index is 12.6. The Morgan fingerprint density at radius 3 is 3.00 bits per heavy atom. The van der Waals surface area contributed by atoms with E-state index in [4.69, 9.17) is 0 Å². The van der Waals surface area contributed by atoms with Gasteiger partial charge in [-0.25, -0.2) is 0 Å². The number of amides is 1. The van der Waals surface area contributed by atoms with Crippen molar-refractivity contribution in [1.82, 2.24) is 20.4 Å². The molecule has 1 aliphatic rings. The van der Waals surface area contributed by atoms with Gasteiger partial charge in [-0.05, 0) is 25.9 Å². The molecule has 116 valence electrons. The van der Waals surface area contributed by atoms with Crippen molar-refractivity contribution in [2.24, 2.45) is 0 Å². The van der Waals surface area contributed by atoms with Crippen molar-refractivity contribution in [3.8, 4) is 11.3 Å². The van der Waals surface area contributed by atoms with E-state index in [1.807, 2.05) is 30.3 Å². The quantitative estimate of drug-likeness (QED) is 0.910. The largest absolute Gasteiger partial charge is 0.348 e. The number of aromatic nitrogens is 2. The third kappa shape index (κ3) is 3.20. The Morgan fingerprint density at radius 2 is 2.23 bits per heavy atom. The van der Waals surface area contributed by atoms with E-state index in [9.17, 15) is 4.79 Å². The third-order valence-corrected chi connectivity index (χ3v) is 4.23. The van der Waals surface area contributed by atoms with Crippen LogP contribution >= 0.6 is 0 Å². The van der Waals surface area contributed by atoms with Gasteiger partial charge in [0, 0.05) is 18.2 Å². The lowest BCUT2D eigenvalue weighted by Crippen LogP contribution is -2.47. The van der Waals surface area contributed by atoms with E-state index in [0.29, 0.717) is 5.56 Å². The summed E-state index contributed by atoms with van der Waals surface area (Å²) in [6.07, 6.45) is 3.79. The number of nitrogens with one attached hydrogen (secondary N) is 2. The number of rotatable bonds is 4. The number of hydrogen-bond donors (Lipinski definition) is 2. The van der Waals surface area contributed by atoms with Gasteiger partial charge >= 0.3 is 0 Å². The molecule has 0 spiro atoms. The molecule has 1 aromatic heterocycles. The molecule has 1 atom stereocenters. The molecule has 1 fully saturated rings. The van der Waals surface area contributed by atoms with E-state index in [-0.39, 0.29) is 11.9 Å². The predicted octanol–water partition coefficient (Wildman–Crippen LogP) is 2.29. The van der Waals surface area contributed by atoms with Gasteiger partial charge in [0.15, 0.2) is 0 Å². The van der Waals surface area contributed by atoms with Crippen molar-refractivity contribution >= 4 is 5.91 Å². The fourth-order valence-corrected chi connectivity index (χ4v) is 3.01. The van der Waals surface area contributed by atoms with Crippen molar-refractivity contribution in [3.63, 3.8) is 0 Å². The molecule has 1 unspecified atom stereocenters. The van der Waals surface area contributed by atoms with Crippen molar-refractivity contribution in [1.29, 1.82) is 0 Å². The van der Waals surface area contributed by atoms with Gasteiger partial charge < -0.3 is 10.2 Å². The number of likely N-dealkylation sites (tertiary alicyclic amines) is 1. The summed E-state index contributed by atoms with van der Waals surface area (Å²) >= 11 is 0. The predicted molar refractivity (Wildman–Crippen MR) is 86.6 cm³/mol. The van der Waals surface area contributed by atoms with E-state index in [2.05, 4.69) is 27.3 Å². The minimum atomic E-state index is -0.0458. The molecule has 2 aromatic rings. The molecule has 0 aliphatic carbocycles. The second kappa shape index (κ2) is 6.75. The normalized spacial score (nSPS) is 19.0. The van der Waals surface area contributed by atoms with E-state index in [1.54, 1.807) is 6.20 Å². The fraction of sp³-hybridized carbons (Fsp3) is 0.412. The first-order valence-electron chi connectivity index (χ1n) is 7.90. The molecule has 1 aliphatic heterocycles. The number of carbonyl (C=O) groups excluding carboxylic acids is 1. The first-order chi connectivity index (χ1) is 10.8. The molecule has 1 saturated heterocycles. The third-order valence-electron chi connectivity index (χ3n) is 4.23. The summed E-state index contributed by atoms with van der Waals surface area (Å²) in [5, 5.41) is 10.1. The van der Waals surface area contributed by atoms with Gasteiger partial charge in [0.1, 0.15) is 0 Å². The Labute approximate surface area is 130 Å². The van der Waals surface area contributed by atoms with Crippen LogP contribution in [0, 0.1) is 0 Å². The number of nitrogens with zero attached hydrogens (tertiary/aromatic N) is 2. The smallest absolute Gasteiger partial charge is 0.255 e. The van der Waals surface area contributed by atoms with Crippen LogP contribution in [0.2, 0.25) is 0 Å². The lowest BCUT2D eigenvalue weighted by atomic mass is 10.0. The summed E-state index contributed by atoms with van der Waals surface area (Å²) in [6.45, 7) is 5.26. The van der Waals surface area contributed by atoms with Crippen LogP contribution < -0.4 is 5.32 Å². The van der Waals surface area contributed by atoms with Gasteiger partial charge in [-0.1, -0.05) is 37.3 Å². The SMILES string of the molecule is CCN1CCCC(NC(=O)c2cn[nH]c2-c2ccccc2)C1. The van der Waals surface area contributed by atoms with Gasteiger partial charge in [-0.15, -0.1) is 0 Å². The molecule has 0 bridgehead atoms. The van der Waals surface area contributed by atoms with Gasteiger partial charge in [-0.2, -0.15) is 5.10 Å². The highest BCUT2D eigenvalue weighted by Crippen LogP contribution is 2.21. The van der Waals surface area contributed by atoms with E-state index < -0.39 is 0 Å². The minimum Gasteiger partial charge on any atom is -0.348 e. The first-order valence-corrected chi connectivity index (χ1v) is 7.90. The first kappa shape index (κ1) is 14.8. The highest BCUT2D eigenvalue weighted by Gasteiger charge is 2.22. The minimum absolute atomic E-state index is 0.0458. The molecular weight excluding hydrogens is 276 g/mol. The molecule has 2 heterocycles. The van der Waals surface area contributed by atoms with E-state index >= 15 is 0 Å². The zero-order valence-electron chi connectivity index (χ0n) is 12.9. The number of piperidine rings is 1. The number of carbonyl (C=O) groups is 1. The van der Waals surface area contributed by atoms with Crippen LogP contribution in [0.4, 0.5) is 0 Å². The monoisotopic (exact) mass is 298 g/mol. The summed E-state index contributed by atoms with van der Waals surface area (Å²) in [5.41, 5.74) is 2.37. The average Bonchev–Trinajstić information content (AvgIpc) is 3.05. The highest BCUT2D eigenvalue weighted by atomic mass is 16.1. The highest BCUT2D eigenvalue weighted by molar-refractivity contribution is 5.99. The maximum absolute atomic E-state index is 12.6. The molecular formula is C17H22N4O. The molecule has 5 nitrogen and oxygen atoms in total. The van der Waals surface area contributed by atoms with Gasteiger partial charge in [0.25, 0.3) is 5.91 Å². The molecule has 1 amide bonds. The van der Waals surface area contributed by atoms with Crippen molar-refractivity contribution < 1.29 is 4.79 Å². The van der Waals surface area contributed by atoms with Crippen LogP contribution in [0.3, 0.4) is 0 Å². The second-order valence-corrected chi connectivity index (χ2v) is 5.73. The Hall–Kier alpha value is -2.14. The Kier molecular flexibility index (Phi) is 4.53. The summed E-state index contributed by atoms with van der Waals surface area (Å²) in [6, 6.07) is 10.0. The summed E-state index contributed by atoms with van der Waals surface area (Å²) in [5.74, 6) is -0.0458. The van der Waals surface area contributed by atoms with Gasteiger partial charge in [-0.3, -0.25) is 9.89 Å². The van der Waals surface area contributed by atoms with Crippen LogP contribution in [-0.2, 0) is 0 Å². The number of H-pyrrole nitrogens is 1. The van der Waals surface area contributed by atoms with Crippen molar-refractivity contribution in [2.45, 2.75) is 25.8 Å². The van der Waals surface area contributed by atoms with Crippen LogP contribution in [0.5, 0.6) is 0 Å². The van der Waals surface area contributed by atoms with Crippen LogP contribution in [-0.4, -0.2) is 46.7 Å². The zero-order chi connectivity index (χ0) is 15.4. The Morgan fingerprint density at radius 1 is 1.41 bits per heavy atom. The van der Waals surface area contributed by atoms with Crippen LogP contribution in [0.15, 0.2) is 36.5 Å². The molecule has 22 heavy (non-hydrogen) atoms. The van der Waals surface area contributed by atoms with Crippen molar-refractivity contribution in [3.05, 3.63) is 42.1 Å². The summed E-state index contributed by atoms with van der Waals surface area (Å²) in [4.78, 5) is 15.0. The summed E-state index contributed by atoms with van der Waals surface area (Å²) in [7, 11) is 0. The number of benzene rings is 1. The average molecular weight is 298 g/mol. The number of aromatic amines is 1. The molecule has 3 rings (SSSR count). The second-order valence-electron chi connectivity index (χ2n) is 5.73. The zero-order valence-corrected chi connectivity index (χ0v) is 12.9. The Balaban J connectivity index is 1.72. The van der Waals surface area contributed by atoms with E-state index in [1.165, 1.54) is 0 Å². The summed E-state index contributed by atoms with van der Waals surface area (Å²) < 4.78 is 0.